The fourth-order valence-corrected chi connectivity index (χ4v) is 2.09. The number of ether oxygens (including phenoxy) is 1. The van der Waals surface area contributed by atoms with Gasteiger partial charge in [-0.25, -0.2) is 4.79 Å². The zero-order valence-corrected chi connectivity index (χ0v) is 14.0. The van der Waals surface area contributed by atoms with Crippen LogP contribution in [0.4, 0.5) is 4.79 Å². The molecule has 2 amide bonds. The van der Waals surface area contributed by atoms with Crippen LogP contribution in [0.15, 0.2) is 47.1 Å². The number of amides is 2. The van der Waals surface area contributed by atoms with E-state index in [0.717, 1.165) is 5.75 Å². The summed E-state index contributed by atoms with van der Waals surface area (Å²) in [6.45, 7) is 4.68. The molecule has 2 rings (SSSR count). The van der Waals surface area contributed by atoms with Gasteiger partial charge in [-0.3, -0.25) is 0 Å². The molecule has 0 fully saturated rings. The maximum atomic E-state index is 11.7. The molecule has 130 valence electrons. The minimum Gasteiger partial charge on any atom is -0.494 e. The van der Waals surface area contributed by atoms with Gasteiger partial charge in [-0.2, -0.15) is 0 Å². The highest BCUT2D eigenvalue weighted by Gasteiger charge is 2.26. The summed E-state index contributed by atoms with van der Waals surface area (Å²) in [6, 6.07) is 10.9. The number of urea groups is 1. The molecule has 0 bridgehead atoms. The minimum absolute atomic E-state index is 0.0617. The molecule has 1 heterocycles. The van der Waals surface area contributed by atoms with Crippen LogP contribution in [-0.4, -0.2) is 30.8 Å². The third-order valence-corrected chi connectivity index (χ3v) is 3.54. The first-order valence-corrected chi connectivity index (χ1v) is 7.95. The number of nitrogens with one attached hydrogen (secondary N) is 2. The van der Waals surface area contributed by atoms with Gasteiger partial charge in [-0.05, 0) is 44.5 Å². The van der Waals surface area contributed by atoms with Gasteiger partial charge in [0.25, 0.3) is 0 Å². The lowest BCUT2D eigenvalue weighted by atomic mass is 10.0. The molecule has 1 atom stereocenters. The number of rotatable bonds is 8. The van der Waals surface area contributed by atoms with E-state index in [1.807, 2.05) is 31.2 Å². The van der Waals surface area contributed by atoms with Crippen LogP contribution in [0.2, 0.25) is 0 Å². The molecule has 1 aromatic heterocycles. The molecule has 2 aromatic rings. The predicted molar refractivity (Wildman–Crippen MR) is 91.0 cm³/mol. The Morgan fingerprint density at radius 2 is 2.00 bits per heavy atom. The Bertz CT molecular complexity index is 621. The fraction of sp³-hybridized carbons (Fsp3) is 0.389. The Kier molecular flexibility index (Phi) is 6.26. The summed E-state index contributed by atoms with van der Waals surface area (Å²) in [6.07, 6.45) is 2.17. The molecular weight excluding hydrogens is 308 g/mol. The van der Waals surface area contributed by atoms with E-state index in [2.05, 4.69) is 10.6 Å². The molecule has 1 unspecified atom stereocenters. The second-order valence-corrected chi connectivity index (χ2v) is 5.88. The van der Waals surface area contributed by atoms with Gasteiger partial charge in [0, 0.05) is 6.54 Å². The third-order valence-electron chi connectivity index (χ3n) is 3.54. The monoisotopic (exact) mass is 332 g/mol. The second-order valence-electron chi connectivity index (χ2n) is 5.88. The van der Waals surface area contributed by atoms with Crippen LogP contribution in [-0.2, 0) is 5.60 Å². The summed E-state index contributed by atoms with van der Waals surface area (Å²) in [7, 11) is 0. The van der Waals surface area contributed by atoms with Gasteiger partial charge in [0.15, 0.2) is 0 Å². The van der Waals surface area contributed by atoms with Gasteiger partial charge < -0.3 is 24.9 Å². The first-order chi connectivity index (χ1) is 11.5. The maximum Gasteiger partial charge on any atom is 0.314 e. The van der Waals surface area contributed by atoms with E-state index in [0.29, 0.717) is 25.3 Å². The lowest BCUT2D eigenvalue weighted by Gasteiger charge is -2.21. The molecule has 0 spiro atoms. The SMILES string of the molecule is Cc1ccc(OCCCNC(=O)NCC(C)(O)c2ccco2)cc1. The molecule has 24 heavy (non-hydrogen) atoms. The Balaban J connectivity index is 1.59. The largest absolute Gasteiger partial charge is 0.494 e. The lowest BCUT2D eigenvalue weighted by Crippen LogP contribution is -2.43. The average Bonchev–Trinajstić information content (AvgIpc) is 3.10. The highest BCUT2D eigenvalue weighted by atomic mass is 16.5. The standard InChI is InChI=1S/C18H24N2O4/c1-14-6-8-15(9-7-14)23-12-4-10-19-17(21)20-13-18(2,22)16-5-3-11-24-16/h3,5-9,11,22H,4,10,12-13H2,1-2H3,(H2,19,20,21). The van der Waals surface area contributed by atoms with Crippen molar-refractivity contribution in [3.05, 3.63) is 54.0 Å². The Morgan fingerprint density at radius 3 is 2.67 bits per heavy atom. The molecule has 3 N–H and O–H groups in total. The molecular formula is C18H24N2O4. The number of furan rings is 1. The number of aliphatic hydroxyl groups is 1. The molecule has 0 aliphatic heterocycles. The summed E-state index contributed by atoms with van der Waals surface area (Å²) >= 11 is 0. The number of aryl methyl sites for hydroxylation is 1. The van der Waals surface area contributed by atoms with E-state index in [-0.39, 0.29) is 12.6 Å². The Labute approximate surface area is 141 Å². The van der Waals surface area contributed by atoms with E-state index in [1.165, 1.54) is 11.8 Å². The van der Waals surface area contributed by atoms with Crippen LogP contribution in [0.1, 0.15) is 24.7 Å². The molecule has 0 saturated carbocycles. The first kappa shape index (κ1) is 17.9. The van der Waals surface area contributed by atoms with Gasteiger partial charge in [0.2, 0.25) is 0 Å². The minimum atomic E-state index is -1.24. The van der Waals surface area contributed by atoms with Crippen LogP contribution in [0, 0.1) is 6.92 Å². The number of carbonyl (C=O) groups excluding carboxylic acids is 1. The van der Waals surface area contributed by atoms with Crippen LogP contribution in [0.5, 0.6) is 5.75 Å². The lowest BCUT2D eigenvalue weighted by molar-refractivity contribution is 0.0367. The molecule has 0 saturated heterocycles. The van der Waals surface area contributed by atoms with Crippen molar-refractivity contribution >= 4 is 6.03 Å². The van der Waals surface area contributed by atoms with Crippen molar-refractivity contribution in [2.24, 2.45) is 0 Å². The Hall–Kier alpha value is -2.47. The summed E-state index contributed by atoms with van der Waals surface area (Å²) in [5.74, 6) is 1.23. The Morgan fingerprint density at radius 1 is 1.25 bits per heavy atom. The van der Waals surface area contributed by atoms with E-state index >= 15 is 0 Å². The van der Waals surface area contributed by atoms with E-state index in [9.17, 15) is 9.90 Å². The van der Waals surface area contributed by atoms with Gasteiger partial charge in [-0.1, -0.05) is 17.7 Å². The molecule has 0 aliphatic rings. The van der Waals surface area contributed by atoms with E-state index < -0.39 is 5.60 Å². The summed E-state index contributed by atoms with van der Waals surface area (Å²) in [5.41, 5.74) is -0.0545. The van der Waals surface area contributed by atoms with E-state index in [4.69, 9.17) is 9.15 Å². The fourth-order valence-electron chi connectivity index (χ4n) is 2.09. The van der Waals surface area contributed by atoms with Crippen molar-refractivity contribution in [1.29, 1.82) is 0 Å². The maximum absolute atomic E-state index is 11.7. The summed E-state index contributed by atoms with van der Waals surface area (Å²) in [4.78, 5) is 11.7. The van der Waals surface area contributed by atoms with Gasteiger partial charge in [0.05, 0.1) is 19.4 Å². The molecule has 6 heteroatoms. The van der Waals surface area contributed by atoms with Crippen LogP contribution in [0.3, 0.4) is 0 Å². The quantitative estimate of drug-likeness (QED) is 0.649. The smallest absolute Gasteiger partial charge is 0.314 e. The van der Waals surface area contributed by atoms with Crippen molar-refractivity contribution < 1.29 is 19.1 Å². The topological polar surface area (TPSA) is 83.7 Å². The number of carbonyl (C=O) groups is 1. The summed E-state index contributed by atoms with van der Waals surface area (Å²) in [5, 5.41) is 15.6. The van der Waals surface area contributed by atoms with Crippen molar-refractivity contribution in [1.82, 2.24) is 10.6 Å². The zero-order valence-electron chi connectivity index (χ0n) is 14.0. The van der Waals surface area contributed by atoms with Gasteiger partial charge in [0.1, 0.15) is 17.1 Å². The highest BCUT2D eigenvalue weighted by molar-refractivity contribution is 5.73. The van der Waals surface area contributed by atoms with Crippen molar-refractivity contribution in [2.75, 3.05) is 19.7 Å². The number of hydrogen-bond donors (Lipinski definition) is 3. The summed E-state index contributed by atoms with van der Waals surface area (Å²) < 4.78 is 10.7. The normalized spacial score (nSPS) is 13.1. The molecule has 0 radical (unpaired) electrons. The van der Waals surface area contributed by atoms with Crippen molar-refractivity contribution in [3.63, 3.8) is 0 Å². The van der Waals surface area contributed by atoms with Crippen LogP contribution < -0.4 is 15.4 Å². The van der Waals surface area contributed by atoms with Crippen molar-refractivity contribution in [2.45, 2.75) is 25.9 Å². The number of benzene rings is 1. The predicted octanol–water partition coefficient (Wildman–Crippen LogP) is 2.56. The molecule has 6 nitrogen and oxygen atoms in total. The average molecular weight is 332 g/mol. The third kappa shape index (κ3) is 5.62. The van der Waals surface area contributed by atoms with Crippen LogP contribution in [0.25, 0.3) is 0 Å². The van der Waals surface area contributed by atoms with Crippen molar-refractivity contribution in [3.8, 4) is 5.75 Å². The zero-order chi connectivity index (χ0) is 17.4. The second kappa shape index (κ2) is 8.40. The highest BCUT2D eigenvalue weighted by Crippen LogP contribution is 2.19. The van der Waals surface area contributed by atoms with Gasteiger partial charge >= 0.3 is 6.03 Å². The molecule has 0 aliphatic carbocycles. The molecule has 1 aromatic carbocycles. The van der Waals surface area contributed by atoms with Crippen LogP contribution >= 0.6 is 0 Å². The van der Waals surface area contributed by atoms with Gasteiger partial charge in [-0.15, -0.1) is 0 Å². The first-order valence-electron chi connectivity index (χ1n) is 7.95. The number of hydrogen-bond acceptors (Lipinski definition) is 4. The van der Waals surface area contributed by atoms with E-state index in [1.54, 1.807) is 19.1 Å².